The fourth-order valence-corrected chi connectivity index (χ4v) is 0.690. The van der Waals surface area contributed by atoms with Gasteiger partial charge >= 0.3 is 0 Å². The van der Waals surface area contributed by atoms with Crippen LogP contribution in [0.15, 0.2) is 36.6 Å². The molecule has 0 aliphatic heterocycles. The molecular formula is C11H18O2. The predicted molar refractivity (Wildman–Crippen MR) is 55.5 cm³/mol. The van der Waals surface area contributed by atoms with E-state index in [0.29, 0.717) is 12.4 Å². The van der Waals surface area contributed by atoms with E-state index >= 15 is 0 Å². The summed E-state index contributed by atoms with van der Waals surface area (Å²) < 4.78 is 10.2. The third-order valence-electron chi connectivity index (χ3n) is 1.33. The fourth-order valence-electron chi connectivity index (χ4n) is 0.690. The molecule has 0 aromatic carbocycles. The normalized spacial score (nSPS) is 10.3. The number of hydrogen-bond acceptors (Lipinski definition) is 2. The summed E-state index contributed by atoms with van der Waals surface area (Å²) in [7, 11) is 1.68. The minimum Gasteiger partial charge on any atom is -0.494 e. The highest BCUT2D eigenvalue weighted by Crippen LogP contribution is 2.00. The van der Waals surface area contributed by atoms with Crippen LogP contribution in [0.4, 0.5) is 0 Å². The monoisotopic (exact) mass is 182 g/mol. The van der Waals surface area contributed by atoms with E-state index in [2.05, 4.69) is 13.2 Å². The lowest BCUT2D eigenvalue weighted by atomic mass is 10.3. The summed E-state index contributed by atoms with van der Waals surface area (Å²) in [4.78, 5) is 0. The van der Waals surface area contributed by atoms with Crippen LogP contribution in [0.2, 0.25) is 0 Å². The van der Waals surface area contributed by atoms with Gasteiger partial charge in [-0.15, -0.1) is 0 Å². The molecule has 0 spiro atoms. The van der Waals surface area contributed by atoms with Gasteiger partial charge in [0.1, 0.15) is 5.76 Å². The van der Waals surface area contributed by atoms with Crippen molar-refractivity contribution in [3.05, 3.63) is 36.6 Å². The molecule has 0 N–H and O–H groups in total. The molecule has 0 rings (SSSR count). The first kappa shape index (κ1) is 12.0. The van der Waals surface area contributed by atoms with Crippen molar-refractivity contribution in [2.75, 3.05) is 20.3 Å². The average Bonchev–Trinajstić information content (AvgIpc) is 2.09. The van der Waals surface area contributed by atoms with Gasteiger partial charge in [0.25, 0.3) is 0 Å². The number of hydrogen-bond donors (Lipinski definition) is 0. The average molecular weight is 182 g/mol. The van der Waals surface area contributed by atoms with Crippen molar-refractivity contribution in [2.45, 2.75) is 13.3 Å². The van der Waals surface area contributed by atoms with Gasteiger partial charge in [-0.25, -0.2) is 0 Å². The van der Waals surface area contributed by atoms with Crippen molar-refractivity contribution < 1.29 is 9.47 Å². The van der Waals surface area contributed by atoms with E-state index in [4.69, 9.17) is 9.47 Å². The van der Waals surface area contributed by atoms with Crippen LogP contribution >= 0.6 is 0 Å². The molecule has 2 nitrogen and oxygen atoms in total. The topological polar surface area (TPSA) is 18.5 Å². The molecule has 74 valence electrons. The molecule has 2 heteroatoms. The van der Waals surface area contributed by atoms with Crippen LogP contribution < -0.4 is 0 Å². The van der Waals surface area contributed by atoms with Crippen LogP contribution in [0, 0.1) is 0 Å². The second-order valence-electron chi connectivity index (χ2n) is 2.84. The van der Waals surface area contributed by atoms with Gasteiger partial charge in [0.05, 0.1) is 6.61 Å². The number of methoxy groups -OCH3 is 1. The van der Waals surface area contributed by atoms with Crippen molar-refractivity contribution in [3.8, 4) is 0 Å². The lowest BCUT2D eigenvalue weighted by molar-refractivity contribution is 0.150. The van der Waals surface area contributed by atoms with Crippen molar-refractivity contribution in [1.82, 2.24) is 0 Å². The van der Waals surface area contributed by atoms with Gasteiger partial charge in [0.2, 0.25) is 0 Å². The number of allylic oxidation sites excluding steroid dienone is 3. The number of rotatable bonds is 7. The molecule has 0 aliphatic carbocycles. The third kappa shape index (κ3) is 8.89. The molecule has 0 fully saturated rings. The maximum Gasteiger partial charge on any atom is 0.112 e. The smallest absolute Gasteiger partial charge is 0.112 e. The van der Waals surface area contributed by atoms with Crippen molar-refractivity contribution in [1.29, 1.82) is 0 Å². The van der Waals surface area contributed by atoms with Crippen LogP contribution in [0.3, 0.4) is 0 Å². The molecule has 0 aliphatic rings. The summed E-state index contributed by atoms with van der Waals surface area (Å²) in [6.07, 6.45) is 4.57. The first-order chi connectivity index (χ1) is 6.16. The Bertz CT molecular complexity index is 192. The summed E-state index contributed by atoms with van der Waals surface area (Å²) in [5.74, 6) is 0.666. The molecule has 0 bridgehead atoms. The zero-order chi connectivity index (χ0) is 10.1. The Labute approximate surface area is 80.5 Å². The van der Waals surface area contributed by atoms with Gasteiger partial charge in [0.15, 0.2) is 0 Å². The highest BCUT2D eigenvalue weighted by atomic mass is 16.5. The lowest BCUT2D eigenvalue weighted by Crippen LogP contribution is -1.97. The van der Waals surface area contributed by atoms with Gasteiger partial charge in [0, 0.05) is 20.1 Å². The predicted octanol–water partition coefficient (Wildman–Crippen LogP) is 2.69. The summed E-state index contributed by atoms with van der Waals surface area (Å²) in [5.41, 5.74) is 0.988. The SMILES string of the molecule is C=C(C)/C=C\C(=C)OCCCOC. The molecule has 0 radical (unpaired) electrons. The Balaban J connectivity index is 3.46. The van der Waals surface area contributed by atoms with Gasteiger partial charge < -0.3 is 9.47 Å². The summed E-state index contributed by atoms with van der Waals surface area (Å²) in [6, 6.07) is 0. The van der Waals surface area contributed by atoms with E-state index in [1.807, 2.05) is 19.1 Å². The zero-order valence-electron chi connectivity index (χ0n) is 8.51. The maximum absolute atomic E-state index is 5.29. The highest BCUT2D eigenvalue weighted by molar-refractivity contribution is 5.19. The van der Waals surface area contributed by atoms with Gasteiger partial charge in [-0.3, -0.25) is 0 Å². The zero-order valence-corrected chi connectivity index (χ0v) is 8.51. The van der Waals surface area contributed by atoms with E-state index in [9.17, 15) is 0 Å². The van der Waals surface area contributed by atoms with Crippen molar-refractivity contribution in [2.24, 2.45) is 0 Å². The lowest BCUT2D eigenvalue weighted by Gasteiger charge is -2.04. The first-order valence-corrected chi connectivity index (χ1v) is 4.31. The van der Waals surface area contributed by atoms with E-state index in [1.165, 1.54) is 0 Å². The van der Waals surface area contributed by atoms with E-state index < -0.39 is 0 Å². The fraction of sp³-hybridized carbons (Fsp3) is 0.455. The van der Waals surface area contributed by atoms with Crippen molar-refractivity contribution >= 4 is 0 Å². The third-order valence-corrected chi connectivity index (χ3v) is 1.33. The molecule has 0 heterocycles. The molecule has 13 heavy (non-hydrogen) atoms. The highest BCUT2D eigenvalue weighted by Gasteiger charge is 1.89. The Kier molecular flexibility index (Phi) is 7.02. The maximum atomic E-state index is 5.29. The van der Waals surface area contributed by atoms with Crippen molar-refractivity contribution in [3.63, 3.8) is 0 Å². The second kappa shape index (κ2) is 7.62. The molecular weight excluding hydrogens is 164 g/mol. The minimum atomic E-state index is 0.646. The van der Waals surface area contributed by atoms with Crippen LogP contribution in [0.25, 0.3) is 0 Å². The van der Waals surface area contributed by atoms with E-state index in [-0.39, 0.29) is 0 Å². The second-order valence-corrected chi connectivity index (χ2v) is 2.84. The molecule has 0 unspecified atom stereocenters. The Morgan fingerprint density at radius 2 is 1.92 bits per heavy atom. The molecule has 0 amide bonds. The quantitative estimate of drug-likeness (QED) is 0.342. The number of ether oxygens (including phenoxy) is 2. The molecule has 0 saturated carbocycles. The first-order valence-electron chi connectivity index (χ1n) is 4.31. The van der Waals surface area contributed by atoms with Gasteiger partial charge in [-0.2, -0.15) is 0 Å². The molecule has 0 aromatic rings. The molecule has 0 aromatic heterocycles. The Morgan fingerprint density at radius 1 is 1.23 bits per heavy atom. The van der Waals surface area contributed by atoms with Crippen LogP contribution in [0.5, 0.6) is 0 Å². The summed E-state index contributed by atoms with van der Waals surface area (Å²) >= 11 is 0. The van der Waals surface area contributed by atoms with E-state index in [0.717, 1.165) is 18.6 Å². The minimum absolute atomic E-state index is 0.646. The Hall–Kier alpha value is -1.02. The summed E-state index contributed by atoms with van der Waals surface area (Å²) in [6.45, 7) is 10.8. The van der Waals surface area contributed by atoms with E-state index in [1.54, 1.807) is 7.11 Å². The van der Waals surface area contributed by atoms with Gasteiger partial charge in [-0.05, 0) is 13.0 Å². The Morgan fingerprint density at radius 3 is 2.46 bits per heavy atom. The molecule has 0 saturated heterocycles. The van der Waals surface area contributed by atoms with Gasteiger partial charge in [-0.1, -0.05) is 24.8 Å². The summed E-state index contributed by atoms with van der Waals surface area (Å²) in [5, 5.41) is 0. The van der Waals surface area contributed by atoms with Crippen LogP contribution in [-0.2, 0) is 9.47 Å². The standard InChI is InChI=1S/C11H18O2/c1-10(2)6-7-11(3)13-9-5-8-12-4/h6-7H,1,3,5,8-9H2,2,4H3/b7-6-. The van der Waals surface area contributed by atoms with Crippen LogP contribution in [0.1, 0.15) is 13.3 Å². The van der Waals surface area contributed by atoms with Crippen LogP contribution in [-0.4, -0.2) is 20.3 Å². The molecule has 0 atom stereocenters. The largest absolute Gasteiger partial charge is 0.494 e.